The van der Waals surface area contributed by atoms with Gasteiger partial charge in [-0.1, -0.05) is 6.92 Å². The molecule has 0 bridgehead atoms. The first-order chi connectivity index (χ1) is 11.2. The van der Waals surface area contributed by atoms with Gasteiger partial charge in [-0.2, -0.15) is 0 Å². The topological polar surface area (TPSA) is 45.2 Å². The number of nitrogens with zero attached hydrogens (tertiary/aromatic N) is 3. The summed E-state index contributed by atoms with van der Waals surface area (Å²) in [6.45, 7) is 12.4. The highest BCUT2D eigenvalue weighted by Gasteiger charge is 2.35. The fraction of sp³-hybridized carbons (Fsp3) is 0.941. The number of carbonyl (C=O) groups excluding carboxylic acids is 1. The monoisotopic (exact) mass is 325 g/mol. The van der Waals surface area contributed by atoms with Gasteiger partial charge in [0.15, 0.2) is 6.29 Å². The van der Waals surface area contributed by atoms with Gasteiger partial charge in [-0.3, -0.25) is 9.69 Å². The maximum Gasteiger partial charge on any atom is 0.239 e. The van der Waals surface area contributed by atoms with Crippen LogP contribution in [0.25, 0.3) is 0 Å². The third-order valence-electron chi connectivity index (χ3n) is 5.56. The third kappa shape index (κ3) is 4.05. The Morgan fingerprint density at radius 1 is 1.13 bits per heavy atom. The van der Waals surface area contributed by atoms with Crippen LogP contribution in [0.2, 0.25) is 0 Å². The van der Waals surface area contributed by atoms with Crippen LogP contribution in [0.3, 0.4) is 0 Å². The Bertz CT molecular complexity index is 393. The van der Waals surface area contributed by atoms with Crippen LogP contribution >= 0.6 is 0 Å². The third-order valence-corrected chi connectivity index (χ3v) is 5.56. The van der Waals surface area contributed by atoms with Gasteiger partial charge in [0, 0.05) is 38.6 Å². The molecule has 1 amide bonds. The van der Waals surface area contributed by atoms with Crippen molar-refractivity contribution in [1.82, 2.24) is 14.7 Å². The second-order valence-corrected chi connectivity index (χ2v) is 6.94. The highest BCUT2D eigenvalue weighted by molar-refractivity contribution is 5.81. The minimum atomic E-state index is -0.0619. The first-order valence-electron chi connectivity index (χ1n) is 9.17. The summed E-state index contributed by atoms with van der Waals surface area (Å²) in [4.78, 5) is 19.6. The number of piperidine rings is 1. The molecule has 3 heterocycles. The first-order valence-corrected chi connectivity index (χ1v) is 9.17. The molecule has 3 fully saturated rings. The van der Waals surface area contributed by atoms with Crippen molar-refractivity contribution in [3.05, 3.63) is 0 Å². The summed E-state index contributed by atoms with van der Waals surface area (Å²) in [7, 11) is 0. The Kier molecular flexibility index (Phi) is 5.91. The van der Waals surface area contributed by atoms with Gasteiger partial charge in [0.05, 0.1) is 19.3 Å². The van der Waals surface area contributed by atoms with E-state index in [1.165, 1.54) is 0 Å². The molecule has 3 rings (SSSR count). The molecule has 0 N–H and O–H groups in total. The van der Waals surface area contributed by atoms with E-state index >= 15 is 0 Å². The molecule has 0 radical (unpaired) electrons. The van der Waals surface area contributed by atoms with E-state index in [9.17, 15) is 4.79 Å². The zero-order valence-corrected chi connectivity index (χ0v) is 14.6. The van der Waals surface area contributed by atoms with Crippen molar-refractivity contribution in [3.8, 4) is 0 Å². The number of piperazine rings is 1. The van der Waals surface area contributed by atoms with E-state index < -0.39 is 0 Å². The fourth-order valence-electron chi connectivity index (χ4n) is 3.97. The summed E-state index contributed by atoms with van der Waals surface area (Å²) < 4.78 is 11.3. The van der Waals surface area contributed by atoms with E-state index in [2.05, 4.69) is 23.6 Å². The predicted octanol–water partition coefficient (Wildman–Crippen LogP) is 0.624. The van der Waals surface area contributed by atoms with E-state index in [0.717, 1.165) is 58.7 Å². The summed E-state index contributed by atoms with van der Waals surface area (Å²) >= 11 is 0. The Morgan fingerprint density at radius 2 is 1.83 bits per heavy atom. The van der Waals surface area contributed by atoms with E-state index in [1.54, 1.807) is 0 Å². The van der Waals surface area contributed by atoms with Crippen molar-refractivity contribution in [3.63, 3.8) is 0 Å². The zero-order chi connectivity index (χ0) is 16.2. The van der Waals surface area contributed by atoms with Crippen LogP contribution in [-0.2, 0) is 14.3 Å². The van der Waals surface area contributed by atoms with Crippen molar-refractivity contribution in [2.24, 2.45) is 5.92 Å². The van der Waals surface area contributed by atoms with E-state index in [1.807, 2.05) is 4.90 Å². The SMILES string of the molecule is CCN1CCN(C(=O)C(C)N2CCCC(C3OCCO3)C2)CC1. The summed E-state index contributed by atoms with van der Waals surface area (Å²) in [5.74, 6) is 0.688. The molecule has 0 aromatic heterocycles. The van der Waals surface area contributed by atoms with Gasteiger partial charge >= 0.3 is 0 Å². The number of amides is 1. The summed E-state index contributed by atoms with van der Waals surface area (Å²) in [5, 5.41) is 0. The van der Waals surface area contributed by atoms with Gasteiger partial charge in [-0.15, -0.1) is 0 Å². The van der Waals surface area contributed by atoms with E-state index in [-0.39, 0.29) is 18.2 Å². The molecule has 2 unspecified atom stereocenters. The van der Waals surface area contributed by atoms with Crippen molar-refractivity contribution in [1.29, 1.82) is 0 Å². The highest BCUT2D eigenvalue weighted by Crippen LogP contribution is 2.26. The number of ether oxygens (including phenoxy) is 2. The quantitative estimate of drug-likeness (QED) is 0.758. The van der Waals surface area contributed by atoms with Gasteiger partial charge < -0.3 is 19.3 Å². The smallest absolute Gasteiger partial charge is 0.239 e. The molecule has 2 atom stereocenters. The summed E-state index contributed by atoms with van der Waals surface area (Å²) in [6.07, 6.45) is 2.19. The summed E-state index contributed by atoms with van der Waals surface area (Å²) in [5.41, 5.74) is 0. The molecule has 6 heteroatoms. The molecule has 6 nitrogen and oxygen atoms in total. The van der Waals surface area contributed by atoms with Crippen molar-refractivity contribution >= 4 is 5.91 Å². The van der Waals surface area contributed by atoms with Crippen molar-refractivity contribution in [2.75, 3.05) is 59.0 Å². The molecule has 0 spiro atoms. The second-order valence-electron chi connectivity index (χ2n) is 6.94. The molecule has 0 saturated carbocycles. The highest BCUT2D eigenvalue weighted by atomic mass is 16.7. The number of hydrogen-bond donors (Lipinski definition) is 0. The number of likely N-dealkylation sites (tertiary alicyclic amines) is 1. The molecule has 132 valence electrons. The van der Waals surface area contributed by atoms with Crippen LogP contribution in [0.5, 0.6) is 0 Å². The second kappa shape index (κ2) is 7.92. The maximum atomic E-state index is 12.8. The predicted molar refractivity (Wildman–Crippen MR) is 88.1 cm³/mol. The van der Waals surface area contributed by atoms with Crippen LogP contribution in [0.15, 0.2) is 0 Å². The molecule has 0 aliphatic carbocycles. The molecule has 0 aromatic rings. The van der Waals surface area contributed by atoms with E-state index in [0.29, 0.717) is 19.1 Å². The van der Waals surface area contributed by atoms with Gasteiger partial charge in [0.2, 0.25) is 5.91 Å². The lowest BCUT2D eigenvalue weighted by atomic mass is 9.96. The Hall–Kier alpha value is -0.690. The van der Waals surface area contributed by atoms with Gasteiger partial charge in [-0.25, -0.2) is 0 Å². The van der Waals surface area contributed by atoms with Gasteiger partial charge in [0.25, 0.3) is 0 Å². The Balaban J connectivity index is 1.52. The largest absolute Gasteiger partial charge is 0.350 e. The Morgan fingerprint density at radius 3 is 2.48 bits per heavy atom. The lowest BCUT2D eigenvalue weighted by Gasteiger charge is -2.41. The minimum Gasteiger partial charge on any atom is -0.350 e. The van der Waals surface area contributed by atoms with Crippen molar-refractivity contribution in [2.45, 2.75) is 39.0 Å². The molecule has 3 aliphatic heterocycles. The maximum absolute atomic E-state index is 12.8. The lowest BCUT2D eigenvalue weighted by molar-refractivity contribution is -0.141. The first kappa shape index (κ1) is 17.1. The normalized spacial score (nSPS) is 29.8. The van der Waals surface area contributed by atoms with Crippen molar-refractivity contribution < 1.29 is 14.3 Å². The molecule has 0 aromatic carbocycles. The number of hydrogen-bond acceptors (Lipinski definition) is 5. The molecule has 3 aliphatic rings. The summed E-state index contributed by atoms with van der Waals surface area (Å²) in [6, 6.07) is -0.0348. The Labute approximate surface area is 139 Å². The molecule has 23 heavy (non-hydrogen) atoms. The molecular formula is C17H31N3O3. The molecular weight excluding hydrogens is 294 g/mol. The van der Waals surface area contributed by atoms with Crippen LogP contribution in [0, 0.1) is 5.92 Å². The van der Waals surface area contributed by atoms with Crippen LogP contribution in [-0.4, -0.2) is 92.0 Å². The zero-order valence-electron chi connectivity index (χ0n) is 14.6. The molecule has 3 saturated heterocycles. The standard InChI is InChI=1S/C17H31N3O3/c1-3-18-7-9-19(10-8-18)16(21)14(2)20-6-4-5-15(13-20)17-22-11-12-23-17/h14-15,17H,3-13H2,1-2H3. The fourth-order valence-corrected chi connectivity index (χ4v) is 3.97. The number of carbonyl (C=O) groups is 1. The lowest BCUT2D eigenvalue weighted by Crippen LogP contribution is -2.56. The van der Waals surface area contributed by atoms with Crippen LogP contribution in [0.1, 0.15) is 26.7 Å². The number of likely N-dealkylation sites (N-methyl/N-ethyl adjacent to an activating group) is 1. The average Bonchev–Trinajstić information content (AvgIpc) is 3.15. The van der Waals surface area contributed by atoms with Crippen LogP contribution < -0.4 is 0 Å². The average molecular weight is 325 g/mol. The van der Waals surface area contributed by atoms with Gasteiger partial charge in [0.1, 0.15) is 0 Å². The van der Waals surface area contributed by atoms with Gasteiger partial charge in [-0.05, 0) is 32.9 Å². The minimum absolute atomic E-state index is 0.0348. The van der Waals surface area contributed by atoms with Crippen LogP contribution in [0.4, 0.5) is 0 Å². The number of rotatable bonds is 4. The van der Waals surface area contributed by atoms with E-state index in [4.69, 9.17) is 9.47 Å².